The fraction of sp³-hybridized carbons (Fsp3) is 0. The van der Waals surface area contributed by atoms with Crippen LogP contribution in [0.2, 0.25) is 15.1 Å². The monoisotopic (exact) mass is 582 g/mol. The van der Waals surface area contributed by atoms with Crippen molar-refractivity contribution in [2.24, 2.45) is 15.0 Å². The molecule has 1 aromatic heterocycles. The van der Waals surface area contributed by atoms with Crippen molar-refractivity contribution >= 4 is 70.1 Å². The number of carbonyl (C=O) groups excluding carboxylic acids is 3. The van der Waals surface area contributed by atoms with E-state index in [9.17, 15) is 28.8 Å². The number of aromatic nitrogens is 3. The fourth-order valence-corrected chi connectivity index (χ4v) is 4.18. The molecule has 3 aromatic carbocycles. The van der Waals surface area contributed by atoms with Gasteiger partial charge in [-0.05, 0) is 54.6 Å². The van der Waals surface area contributed by atoms with E-state index in [4.69, 9.17) is 34.8 Å². The minimum Gasteiger partial charge on any atom is -0.246 e. The van der Waals surface area contributed by atoms with Gasteiger partial charge in [-0.2, -0.15) is 15.0 Å². The van der Waals surface area contributed by atoms with E-state index in [2.05, 4.69) is 15.0 Å². The molecule has 4 rings (SSSR count). The molecule has 0 saturated heterocycles. The maximum atomic E-state index is 13.6. The summed E-state index contributed by atoms with van der Waals surface area (Å²) in [6, 6.07) is 11.2. The predicted molar refractivity (Wildman–Crippen MR) is 142 cm³/mol. The van der Waals surface area contributed by atoms with E-state index < -0.39 is 17.1 Å². The lowest BCUT2D eigenvalue weighted by Gasteiger charge is -2.15. The molecule has 4 aromatic rings. The summed E-state index contributed by atoms with van der Waals surface area (Å²) in [5.41, 5.74) is -3.51. The first kappa shape index (κ1) is 27.1. The van der Waals surface area contributed by atoms with Crippen LogP contribution in [0.4, 0.5) is 17.1 Å². The molecule has 0 atom stereocenters. The van der Waals surface area contributed by atoms with Crippen molar-refractivity contribution in [3.05, 3.63) is 101 Å². The summed E-state index contributed by atoms with van der Waals surface area (Å²) < 4.78 is 1.91. The number of nitrogens with zero attached hydrogens (tertiary/aromatic N) is 6. The molecule has 12 nitrogen and oxygen atoms in total. The molecule has 0 unspecified atom stereocenters. The van der Waals surface area contributed by atoms with Crippen LogP contribution in [0.25, 0.3) is 17.1 Å². The molecule has 39 heavy (non-hydrogen) atoms. The van der Waals surface area contributed by atoms with E-state index >= 15 is 0 Å². The Balaban J connectivity index is 2.13. The molecule has 1 heterocycles. The molecule has 0 spiro atoms. The summed E-state index contributed by atoms with van der Waals surface area (Å²) in [5.74, 6) is 0. The fourth-order valence-electron chi connectivity index (χ4n) is 3.53. The second-order valence-corrected chi connectivity index (χ2v) is 8.59. The Morgan fingerprint density at radius 2 is 0.744 bits per heavy atom. The Morgan fingerprint density at radius 3 is 0.949 bits per heavy atom. The maximum Gasteiger partial charge on any atom is 0.345 e. The Kier molecular flexibility index (Phi) is 7.80. The molecule has 0 saturated carbocycles. The Hall–Kier alpha value is -4.92. The zero-order valence-electron chi connectivity index (χ0n) is 19.0. The zero-order chi connectivity index (χ0) is 28.3. The van der Waals surface area contributed by atoms with E-state index in [1.165, 1.54) is 72.8 Å². The molecule has 192 valence electrons. The van der Waals surface area contributed by atoms with Gasteiger partial charge in [-0.15, -0.1) is 0 Å². The second kappa shape index (κ2) is 11.2. The first-order valence-electron chi connectivity index (χ1n) is 10.4. The Morgan fingerprint density at radius 1 is 0.487 bits per heavy atom. The summed E-state index contributed by atoms with van der Waals surface area (Å²) in [7, 11) is 0. The first-order chi connectivity index (χ1) is 18.7. The van der Waals surface area contributed by atoms with Crippen LogP contribution in [0.3, 0.4) is 0 Å². The van der Waals surface area contributed by atoms with Crippen molar-refractivity contribution < 1.29 is 14.4 Å². The highest BCUT2D eigenvalue weighted by Gasteiger charge is 2.21. The van der Waals surface area contributed by atoms with Crippen LogP contribution in [0.15, 0.2) is 84.0 Å². The maximum absolute atomic E-state index is 13.6. The van der Waals surface area contributed by atoms with Crippen LogP contribution in [-0.4, -0.2) is 31.9 Å². The quantitative estimate of drug-likeness (QED) is 0.247. The van der Waals surface area contributed by atoms with E-state index in [0.29, 0.717) is 13.7 Å². The molecular weight excluding hydrogens is 575 g/mol. The van der Waals surface area contributed by atoms with Crippen molar-refractivity contribution in [3.63, 3.8) is 0 Å². The summed E-state index contributed by atoms with van der Waals surface area (Å²) >= 11 is 18.5. The van der Waals surface area contributed by atoms with E-state index in [1.807, 2.05) is 0 Å². The van der Waals surface area contributed by atoms with Crippen molar-refractivity contribution in [1.82, 2.24) is 13.7 Å². The molecule has 15 heteroatoms. The van der Waals surface area contributed by atoms with Gasteiger partial charge in [-0.25, -0.2) is 42.5 Å². The molecule has 0 fully saturated rings. The number of halogens is 3. The first-order valence-corrected chi connectivity index (χ1v) is 11.5. The molecular formula is C24H9Cl3N6O6. The van der Waals surface area contributed by atoms with Gasteiger partial charge in [-0.1, -0.05) is 34.8 Å². The highest BCUT2D eigenvalue weighted by molar-refractivity contribution is 6.34. The molecule has 0 radical (unpaired) electrons. The van der Waals surface area contributed by atoms with Gasteiger partial charge in [0.05, 0.1) is 49.2 Å². The van der Waals surface area contributed by atoms with Crippen LogP contribution in [0.5, 0.6) is 0 Å². The lowest BCUT2D eigenvalue weighted by Crippen LogP contribution is -2.52. The van der Waals surface area contributed by atoms with Gasteiger partial charge in [0.2, 0.25) is 18.2 Å². The summed E-state index contributed by atoms with van der Waals surface area (Å²) in [6.45, 7) is 0. The lowest BCUT2D eigenvalue weighted by atomic mass is 10.2. The highest BCUT2D eigenvalue weighted by Crippen LogP contribution is 2.28. The van der Waals surface area contributed by atoms with Gasteiger partial charge in [0.1, 0.15) is 0 Å². The Bertz CT molecular complexity index is 1740. The smallest absolute Gasteiger partial charge is 0.246 e. The summed E-state index contributed by atoms with van der Waals surface area (Å²) in [4.78, 5) is 83.1. The topological polar surface area (TPSA) is 154 Å². The predicted octanol–water partition coefficient (Wildman–Crippen LogP) is 4.00. The summed E-state index contributed by atoms with van der Waals surface area (Å²) in [6.07, 6.45) is 4.01. The third-order valence-corrected chi connectivity index (χ3v) is 6.12. The SMILES string of the molecule is O=C=Nc1ccc(-n2c(=O)n(-c3ccc(N=C=O)c(Cl)c3)c(=O)n(-c3ccc(N=C=O)c(Cl)c3)c2=O)cc1Cl. The minimum absolute atomic E-state index is 0.0216. The largest absolute Gasteiger partial charge is 0.345 e. The van der Waals surface area contributed by atoms with Crippen LogP contribution >= 0.6 is 34.8 Å². The average molecular weight is 584 g/mol. The zero-order valence-corrected chi connectivity index (χ0v) is 21.2. The number of isocyanates is 3. The normalized spacial score (nSPS) is 10.2. The highest BCUT2D eigenvalue weighted by atomic mass is 35.5. The van der Waals surface area contributed by atoms with Crippen molar-refractivity contribution in [2.75, 3.05) is 0 Å². The minimum atomic E-state index is -1.11. The molecule has 0 bridgehead atoms. The molecule has 0 amide bonds. The van der Waals surface area contributed by atoms with Gasteiger partial charge in [0, 0.05) is 0 Å². The lowest BCUT2D eigenvalue weighted by molar-refractivity contribution is 0.564. The number of rotatable bonds is 6. The van der Waals surface area contributed by atoms with E-state index in [0.717, 1.165) is 0 Å². The molecule has 0 N–H and O–H groups in total. The van der Waals surface area contributed by atoms with Gasteiger partial charge >= 0.3 is 17.1 Å². The second-order valence-electron chi connectivity index (χ2n) is 7.37. The van der Waals surface area contributed by atoms with Crippen LogP contribution in [-0.2, 0) is 14.4 Å². The molecule has 0 aliphatic rings. The van der Waals surface area contributed by atoms with Gasteiger partial charge in [0.15, 0.2) is 0 Å². The third kappa shape index (κ3) is 5.11. The van der Waals surface area contributed by atoms with Gasteiger partial charge < -0.3 is 0 Å². The van der Waals surface area contributed by atoms with Gasteiger partial charge in [0.25, 0.3) is 0 Å². The average Bonchev–Trinajstić information content (AvgIpc) is 2.89. The molecule has 0 aliphatic carbocycles. The van der Waals surface area contributed by atoms with Crippen molar-refractivity contribution in [2.45, 2.75) is 0 Å². The van der Waals surface area contributed by atoms with E-state index in [-0.39, 0.29) is 49.2 Å². The third-order valence-electron chi connectivity index (χ3n) is 5.21. The molecule has 0 aliphatic heterocycles. The number of hydrogen-bond acceptors (Lipinski definition) is 9. The van der Waals surface area contributed by atoms with E-state index in [1.54, 1.807) is 0 Å². The summed E-state index contributed by atoms with van der Waals surface area (Å²) in [5, 5.41) is -0.279. The standard InChI is InChI=1S/C24H9Cl3N6O6/c25-16-7-13(1-4-19(16)28-10-34)31-22(37)32(14-2-5-20(29-11-35)17(26)8-14)24(39)33(23(31)38)15-3-6-21(30-12-36)18(27)9-15/h1-9H. The van der Waals surface area contributed by atoms with Gasteiger partial charge in [-0.3, -0.25) is 0 Å². The Labute approximate surface area is 231 Å². The van der Waals surface area contributed by atoms with Crippen molar-refractivity contribution in [1.29, 1.82) is 0 Å². The van der Waals surface area contributed by atoms with Crippen molar-refractivity contribution in [3.8, 4) is 17.1 Å². The van der Waals surface area contributed by atoms with Crippen LogP contribution < -0.4 is 17.1 Å². The van der Waals surface area contributed by atoms with Crippen LogP contribution in [0, 0.1) is 0 Å². The number of benzene rings is 3. The number of hydrogen-bond donors (Lipinski definition) is 0. The number of aliphatic imine (C=N–C) groups is 3. The van der Waals surface area contributed by atoms with Crippen LogP contribution in [0.1, 0.15) is 0 Å².